The lowest BCUT2D eigenvalue weighted by atomic mass is 9.95. The molecule has 0 bridgehead atoms. The van der Waals surface area contributed by atoms with Gasteiger partial charge in [0.1, 0.15) is 17.4 Å². The first-order valence-corrected chi connectivity index (χ1v) is 10.3. The lowest BCUT2D eigenvalue weighted by molar-refractivity contribution is -0.134. The van der Waals surface area contributed by atoms with E-state index in [2.05, 4.69) is 20.1 Å². The number of fused-ring (bicyclic) bond motifs is 2. The maximum Gasteiger partial charge on any atom is 0.260 e. The van der Waals surface area contributed by atoms with Gasteiger partial charge in [0, 0.05) is 37.5 Å². The van der Waals surface area contributed by atoms with Crippen LogP contribution in [0.2, 0.25) is 0 Å². The van der Waals surface area contributed by atoms with Crippen LogP contribution in [0.15, 0.2) is 42.5 Å². The van der Waals surface area contributed by atoms with Crippen LogP contribution in [0.1, 0.15) is 30.4 Å². The Morgan fingerprint density at radius 1 is 1.07 bits per heavy atom. The van der Waals surface area contributed by atoms with E-state index in [4.69, 9.17) is 4.74 Å². The quantitative estimate of drug-likeness (QED) is 0.693. The molecule has 0 aliphatic carbocycles. The monoisotopic (exact) mass is 427 g/mol. The van der Waals surface area contributed by atoms with E-state index in [9.17, 15) is 4.79 Å². The minimum atomic E-state index is 0. The van der Waals surface area contributed by atoms with E-state index in [1.54, 1.807) is 0 Å². The first kappa shape index (κ1) is 20.6. The summed E-state index contributed by atoms with van der Waals surface area (Å²) >= 11 is 0. The lowest BCUT2D eigenvalue weighted by Gasteiger charge is -2.32. The Labute approximate surface area is 181 Å². The number of amides is 1. The Morgan fingerprint density at radius 3 is 2.73 bits per heavy atom. The smallest absolute Gasteiger partial charge is 0.260 e. The number of carbonyl (C=O) groups is 1. The molecule has 0 atom stereocenters. The van der Waals surface area contributed by atoms with Gasteiger partial charge in [0.2, 0.25) is 0 Å². The number of ether oxygens (including phenoxy) is 1. The van der Waals surface area contributed by atoms with E-state index in [0.717, 1.165) is 73.7 Å². The molecule has 2 aliphatic heterocycles. The number of hydrogen-bond donors (Lipinski definition) is 1. The summed E-state index contributed by atoms with van der Waals surface area (Å²) in [6.07, 6.45) is 1.84. The molecule has 1 saturated heterocycles. The fourth-order valence-corrected chi connectivity index (χ4v) is 4.36. The number of aromatic nitrogens is 3. The van der Waals surface area contributed by atoms with Crippen LogP contribution in [0.3, 0.4) is 0 Å². The van der Waals surface area contributed by atoms with Crippen LogP contribution in [-0.2, 0) is 17.9 Å². The molecule has 2 aliphatic rings. The van der Waals surface area contributed by atoms with Crippen molar-refractivity contribution >= 4 is 29.1 Å². The van der Waals surface area contributed by atoms with Gasteiger partial charge in [0.05, 0.1) is 6.54 Å². The molecule has 8 heteroatoms. The number of rotatable bonds is 4. The maximum atomic E-state index is 12.7. The lowest BCUT2D eigenvalue weighted by Crippen LogP contribution is -2.41. The first-order valence-electron chi connectivity index (χ1n) is 10.3. The summed E-state index contributed by atoms with van der Waals surface area (Å²) in [7, 11) is 0. The second kappa shape index (κ2) is 9.02. The Hall–Kier alpha value is -2.64. The van der Waals surface area contributed by atoms with E-state index in [0.29, 0.717) is 5.92 Å². The van der Waals surface area contributed by atoms with Crippen LogP contribution in [-0.4, -0.2) is 51.8 Å². The van der Waals surface area contributed by atoms with Crippen LogP contribution in [0.5, 0.6) is 5.75 Å². The predicted molar refractivity (Wildman–Crippen MR) is 117 cm³/mol. The largest absolute Gasteiger partial charge is 0.483 e. The fraction of sp³-hybridized carbons (Fsp3) is 0.409. The molecule has 0 saturated carbocycles. The van der Waals surface area contributed by atoms with Gasteiger partial charge < -0.3 is 19.5 Å². The van der Waals surface area contributed by atoms with Crippen molar-refractivity contribution < 1.29 is 9.53 Å². The molecule has 3 aromatic rings. The van der Waals surface area contributed by atoms with Crippen LogP contribution in [0.25, 0.3) is 10.8 Å². The Morgan fingerprint density at radius 2 is 1.87 bits per heavy atom. The molecule has 1 aromatic heterocycles. The molecule has 1 amide bonds. The van der Waals surface area contributed by atoms with Crippen LogP contribution < -0.4 is 10.1 Å². The summed E-state index contributed by atoms with van der Waals surface area (Å²) in [5.74, 6) is 3.28. The van der Waals surface area contributed by atoms with Crippen molar-refractivity contribution in [1.82, 2.24) is 25.0 Å². The number of piperidine rings is 1. The van der Waals surface area contributed by atoms with Crippen molar-refractivity contribution in [3.8, 4) is 5.75 Å². The zero-order valence-corrected chi connectivity index (χ0v) is 17.6. The van der Waals surface area contributed by atoms with Crippen molar-refractivity contribution in [3.05, 3.63) is 54.1 Å². The van der Waals surface area contributed by atoms with Gasteiger partial charge in [0.15, 0.2) is 6.61 Å². The van der Waals surface area contributed by atoms with E-state index in [1.807, 2.05) is 47.4 Å². The molecule has 158 valence electrons. The molecule has 5 rings (SSSR count). The normalized spacial score (nSPS) is 16.7. The van der Waals surface area contributed by atoms with Crippen LogP contribution in [0, 0.1) is 0 Å². The predicted octanol–water partition coefficient (Wildman–Crippen LogP) is 2.74. The van der Waals surface area contributed by atoms with Gasteiger partial charge in [-0.15, -0.1) is 22.6 Å². The standard InChI is InChI=1S/C22H25N5O2.ClH/c28-21(15-29-19-7-3-5-16-4-1-2-6-18(16)19)26-11-8-17(9-12-26)22-25-24-20-14-23-10-13-27(20)22;/h1-7,17,23H,8-15H2;1H. The Bertz CT molecular complexity index is 1020. The highest BCUT2D eigenvalue weighted by Crippen LogP contribution is 2.28. The van der Waals surface area contributed by atoms with E-state index >= 15 is 0 Å². The Balaban J connectivity index is 0.00000218. The number of carbonyl (C=O) groups excluding carboxylic acids is 1. The molecule has 2 aromatic carbocycles. The second-order valence-electron chi connectivity index (χ2n) is 7.72. The molecule has 0 unspecified atom stereocenters. The number of hydrogen-bond acceptors (Lipinski definition) is 5. The third-order valence-corrected chi connectivity index (χ3v) is 5.96. The maximum absolute atomic E-state index is 12.7. The van der Waals surface area contributed by atoms with Crippen molar-refractivity contribution in [3.63, 3.8) is 0 Å². The highest BCUT2D eigenvalue weighted by atomic mass is 35.5. The summed E-state index contributed by atoms with van der Waals surface area (Å²) in [6, 6.07) is 14.0. The number of benzene rings is 2. The number of nitrogens with zero attached hydrogens (tertiary/aromatic N) is 4. The molecule has 30 heavy (non-hydrogen) atoms. The van der Waals surface area contributed by atoms with Crippen LogP contribution in [0.4, 0.5) is 0 Å². The third kappa shape index (κ3) is 4.00. The SMILES string of the molecule is Cl.O=C(COc1cccc2ccccc12)N1CCC(c2nnc3n2CCNC3)CC1. The van der Waals surface area contributed by atoms with E-state index < -0.39 is 0 Å². The number of halogens is 1. The molecule has 1 N–H and O–H groups in total. The highest BCUT2D eigenvalue weighted by Gasteiger charge is 2.28. The van der Waals surface area contributed by atoms with Gasteiger partial charge in [-0.05, 0) is 24.3 Å². The minimum Gasteiger partial charge on any atom is -0.483 e. The van der Waals surface area contributed by atoms with Gasteiger partial charge >= 0.3 is 0 Å². The molecule has 7 nitrogen and oxygen atoms in total. The van der Waals surface area contributed by atoms with Crippen LogP contribution >= 0.6 is 12.4 Å². The van der Waals surface area contributed by atoms with Crippen molar-refractivity contribution in [2.45, 2.75) is 31.8 Å². The van der Waals surface area contributed by atoms with Gasteiger partial charge in [-0.1, -0.05) is 36.4 Å². The molecular formula is C22H26ClN5O2. The van der Waals surface area contributed by atoms with E-state index in [1.165, 1.54) is 0 Å². The minimum absolute atomic E-state index is 0. The molecule has 1 fully saturated rings. The van der Waals surface area contributed by atoms with Crippen molar-refractivity contribution in [2.75, 3.05) is 26.2 Å². The first-order chi connectivity index (χ1) is 14.3. The Kier molecular flexibility index (Phi) is 6.20. The summed E-state index contributed by atoms with van der Waals surface area (Å²) in [6.45, 7) is 4.22. The molecule has 0 radical (unpaired) electrons. The van der Waals surface area contributed by atoms with Gasteiger partial charge in [0.25, 0.3) is 5.91 Å². The number of nitrogens with one attached hydrogen (secondary N) is 1. The van der Waals surface area contributed by atoms with E-state index in [-0.39, 0.29) is 24.9 Å². The van der Waals surface area contributed by atoms with Crippen molar-refractivity contribution in [1.29, 1.82) is 0 Å². The third-order valence-electron chi connectivity index (χ3n) is 5.96. The topological polar surface area (TPSA) is 72.3 Å². The summed E-state index contributed by atoms with van der Waals surface area (Å²) < 4.78 is 8.14. The second-order valence-corrected chi connectivity index (χ2v) is 7.72. The average molecular weight is 428 g/mol. The average Bonchev–Trinajstić information content (AvgIpc) is 3.22. The van der Waals surface area contributed by atoms with Gasteiger partial charge in [-0.2, -0.15) is 0 Å². The zero-order chi connectivity index (χ0) is 19.6. The van der Waals surface area contributed by atoms with Crippen molar-refractivity contribution in [2.24, 2.45) is 0 Å². The molecule has 0 spiro atoms. The molecular weight excluding hydrogens is 402 g/mol. The highest BCUT2D eigenvalue weighted by molar-refractivity contribution is 5.88. The number of likely N-dealkylation sites (tertiary alicyclic amines) is 1. The zero-order valence-electron chi connectivity index (χ0n) is 16.8. The fourth-order valence-electron chi connectivity index (χ4n) is 4.36. The summed E-state index contributed by atoms with van der Waals surface area (Å²) in [5, 5.41) is 14.2. The van der Waals surface area contributed by atoms with Gasteiger partial charge in [-0.3, -0.25) is 4.79 Å². The van der Waals surface area contributed by atoms with Gasteiger partial charge in [-0.25, -0.2) is 0 Å². The summed E-state index contributed by atoms with van der Waals surface area (Å²) in [4.78, 5) is 14.6. The summed E-state index contributed by atoms with van der Waals surface area (Å²) in [5.41, 5.74) is 0. The molecule has 3 heterocycles.